The predicted molar refractivity (Wildman–Crippen MR) is 50.7 cm³/mol. The van der Waals surface area contributed by atoms with Gasteiger partial charge in [0.1, 0.15) is 0 Å². The Morgan fingerprint density at radius 2 is 1.70 bits per heavy atom. The van der Waals surface area contributed by atoms with Crippen LogP contribution in [0.1, 0.15) is 26.7 Å². The zero-order valence-electron chi connectivity index (χ0n) is 6.67. The monoisotopic (exact) mass is 191 g/mol. The van der Waals surface area contributed by atoms with Crippen LogP contribution in [0.4, 0.5) is 0 Å². The van der Waals surface area contributed by atoms with Gasteiger partial charge in [0.05, 0.1) is 0 Å². The van der Waals surface area contributed by atoms with Gasteiger partial charge in [-0.2, -0.15) is 0 Å². The minimum atomic E-state index is 0. The Balaban J connectivity index is -0.0000000600. The number of aliphatic hydroxyl groups excluding tert-OH is 1. The number of halogens is 2. The molecule has 10 heavy (non-hydrogen) atoms. The van der Waals surface area contributed by atoms with Gasteiger partial charge < -0.3 is 11.3 Å². The molecular formula is C6H19Cl2NO. The molecule has 68 valence electrons. The summed E-state index contributed by atoms with van der Waals surface area (Å²) in [6.45, 7) is 4.53. The molecule has 1 unspecified atom stereocenters. The highest BCUT2D eigenvalue weighted by atomic mass is 35.5. The molecule has 1 atom stereocenters. The molecule has 0 bridgehead atoms. The second-order valence-electron chi connectivity index (χ2n) is 2.08. The highest BCUT2D eigenvalue weighted by molar-refractivity contribution is 5.85. The molecule has 0 fully saturated rings. The van der Waals surface area contributed by atoms with Crippen LogP contribution < -0.4 is 6.15 Å². The van der Waals surface area contributed by atoms with E-state index in [2.05, 4.69) is 13.8 Å². The fraction of sp³-hybridized carbons (Fsp3) is 1.00. The van der Waals surface area contributed by atoms with Crippen molar-refractivity contribution in [3.05, 3.63) is 0 Å². The fourth-order valence-electron chi connectivity index (χ4n) is 0.584. The van der Waals surface area contributed by atoms with Crippen LogP contribution in [0.2, 0.25) is 0 Å². The van der Waals surface area contributed by atoms with Crippen LogP contribution in [0.5, 0.6) is 0 Å². The molecule has 0 spiro atoms. The summed E-state index contributed by atoms with van der Waals surface area (Å²) in [6.07, 6.45) is 2.33. The minimum Gasteiger partial charge on any atom is -0.396 e. The summed E-state index contributed by atoms with van der Waals surface area (Å²) in [4.78, 5) is 0. The normalized spacial score (nSPS) is 9.90. The summed E-state index contributed by atoms with van der Waals surface area (Å²) in [6, 6.07) is 0. The number of hydrogen-bond acceptors (Lipinski definition) is 2. The lowest BCUT2D eigenvalue weighted by Gasteiger charge is -2.01. The van der Waals surface area contributed by atoms with E-state index in [0.717, 1.165) is 6.42 Å². The number of hydrogen-bond donors (Lipinski definition) is 2. The maximum atomic E-state index is 8.47. The second-order valence-corrected chi connectivity index (χ2v) is 2.08. The molecule has 0 rings (SSSR count). The first-order chi connectivity index (χ1) is 3.31. The van der Waals surface area contributed by atoms with E-state index in [1.165, 1.54) is 6.42 Å². The maximum absolute atomic E-state index is 8.47. The van der Waals surface area contributed by atoms with E-state index >= 15 is 0 Å². The van der Waals surface area contributed by atoms with Gasteiger partial charge in [-0.15, -0.1) is 24.8 Å². The summed E-state index contributed by atoms with van der Waals surface area (Å²) in [5.41, 5.74) is 0. The van der Waals surface area contributed by atoms with Crippen LogP contribution in [-0.4, -0.2) is 11.7 Å². The summed E-state index contributed by atoms with van der Waals surface area (Å²) >= 11 is 0. The van der Waals surface area contributed by atoms with E-state index in [4.69, 9.17) is 5.11 Å². The molecule has 4 heteroatoms. The number of aliphatic hydroxyl groups is 1. The van der Waals surface area contributed by atoms with E-state index in [1.54, 1.807) is 0 Å². The van der Waals surface area contributed by atoms with Crippen LogP contribution in [0, 0.1) is 5.92 Å². The first kappa shape index (κ1) is 22.4. The van der Waals surface area contributed by atoms with E-state index in [-0.39, 0.29) is 31.0 Å². The summed E-state index contributed by atoms with van der Waals surface area (Å²) in [5.74, 6) is 0.505. The Kier molecular flexibility index (Phi) is 36.4. The molecule has 0 saturated carbocycles. The molecule has 0 aromatic rings. The van der Waals surface area contributed by atoms with E-state index in [9.17, 15) is 0 Å². The van der Waals surface area contributed by atoms with Gasteiger partial charge in [0.15, 0.2) is 0 Å². The lowest BCUT2D eigenvalue weighted by atomic mass is 10.1. The van der Waals surface area contributed by atoms with Crippen molar-refractivity contribution >= 4 is 24.8 Å². The van der Waals surface area contributed by atoms with Crippen molar-refractivity contribution in [2.45, 2.75) is 26.7 Å². The predicted octanol–water partition coefficient (Wildman–Crippen LogP) is 2.42. The third-order valence-electron chi connectivity index (χ3n) is 1.09. The lowest BCUT2D eigenvalue weighted by Crippen LogP contribution is -1.98. The molecule has 0 aliphatic rings. The van der Waals surface area contributed by atoms with Gasteiger partial charge in [-0.25, -0.2) is 0 Å². The largest absolute Gasteiger partial charge is 0.396 e. The van der Waals surface area contributed by atoms with Crippen molar-refractivity contribution in [3.63, 3.8) is 0 Å². The topological polar surface area (TPSA) is 55.2 Å². The zero-order valence-corrected chi connectivity index (χ0v) is 8.30. The molecule has 0 aromatic carbocycles. The van der Waals surface area contributed by atoms with Crippen molar-refractivity contribution in [2.24, 2.45) is 5.92 Å². The van der Waals surface area contributed by atoms with E-state index in [1.807, 2.05) is 0 Å². The van der Waals surface area contributed by atoms with Crippen LogP contribution in [-0.2, 0) is 0 Å². The minimum absolute atomic E-state index is 0. The molecule has 0 saturated heterocycles. The van der Waals surface area contributed by atoms with Gasteiger partial charge in [-0.05, 0) is 12.3 Å². The van der Waals surface area contributed by atoms with Crippen molar-refractivity contribution in [2.75, 3.05) is 6.61 Å². The summed E-state index contributed by atoms with van der Waals surface area (Å²) < 4.78 is 0. The average molecular weight is 192 g/mol. The van der Waals surface area contributed by atoms with Gasteiger partial charge in [0.25, 0.3) is 0 Å². The molecule has 0 aliphatic carbocycles. The Bertz CT molecular complexity index is 46.7. The molecular weight excluding hydrogens is 173 g/mol. The lowest BCUT2D eigenvalue weighted by molar-refractivity contribution is 0.229. The van der Waals surface area contributed by atoms with Crippen molar-refractivity contribution in [1.82, 2.24) is 6.15 Å². The van der Waals surface area contributed by atoms with Crippen LogP contribution >= 0.6 is 24.8 Å². The Morgan fingerprint density at radius 3 is 1.80 bits per heavy atom. The van der Waals surface area contributed by atoms with Crippen molar-refractivity contribution < 1.29 is 5.11 Å². The van der Waals surface area contributed by atoms with Crippen molar-refractivity contribution in [1.29, 1.82) is 0 Å². The second kappa shape index (κ2) is 16.2. The van der Waals surface area contributed by atoms with E-state index in [0.29, 0.717) is 12.5 Å². The molecule has 0 amide bonds. The van der Waals surface area contributed by atoms with Crippen molar-refractivity contribution in [3.8, 4) is 0 Å². The Hall–Kier alpha value is 0.500. The average Bonchev–Trinajstić information content (AvgIpc) is 1.68. The maximum Gasteiger partial charge on any atom is 0.0456 e. The molecule has 0 aliphatic heterocycles. The van der Waals surface area contributed by atoms with Gasteiger partial charge in [0.2, 0.25) is 0 Å². The third kappa shape index (κ3) is 15.8. The quantitative estimate of drug-likeness (QED) is 0.721. The standard InChI is InChI=1S/C6H14O.2ClH.H3N/c1-3-4-6(2)5-7;;;/h6-7H,3-5H2,1-2H3;2*1H;1H3. The highest BCUT2D eigenvalue weighted by Gasteiger charge is 1.93. The van der Waals surface area contributed by atoms with Gasteiger partial charge in [-0.1, -0.05) is 20.3 Å². The third-order valence-corrected chi connectivity index (χ3v) is 1.09. The smallest absolute Gasteiger partial charge is 0.0456 e. The molecule has 0 aromatic heterocycles. The first-order valence-electron chi connectivity index (χ1n) is 2.92. The molecule has 2 nitrogen and oxygen atoms in total. The van der Waals surface area contributed by atoms with Crippen LogP contribution in [0.15, 0.2) is 0 Å². The zero-order chi connectivity index (χ0) is 5.70. The molecule has 0 heterocycles. The van der Waals surface area contributed by atoms with Gasteiger partial charge in [0, 0.05) is 6.61 Å². The van der Waals surface area contributed by atoms with Crippen LogP contribution in [0.3, 0.4) is 0 Å². The SMILES string of the molecule is CCCC(C)CO.Cl.Cl.N. The Morgan fingerprint density at radius 1 is 1.30 bits per heavy atom. The Labute approximate surface area is 75.8 Å². The van der Waals surface area contributed by atoms with Gasteiger partial charge >= 0.3 is 0 Å². The summed E-state index contributed by atoms with van der Waals surface area (Å²) in [7, 11) is 0. The highest BCUT2D eigenvalue weighted by Crippen LogP contribution is 2.01. The first-order valence-corrected chi connectivity index (χ1v) is 2.92. The van der Waals surface area contributed by atoms with E-state index < -0.39 is 0 Å². The van der Waals surface area contributed by atoms with Gasteiger partial charge in [-0.3, -0.25) is 0 Å². The van der Waals surface area contributed by atoms with Crippen LogP contribution in [0.25, 0.3) is 0 Å². The number of rotatable bonds is 3. The molecule has 4 N–H and O–H groups in total. The summed E-state index contributed by atoms with van der Waals surface area (Å²) in [5, 5.41) is 8.47. The molecule has 0 radical (unpaired) electrons. The fourth-order valence-corrected chi connectivity index (χ4v) is 0.584.